The Morgan fingerprint density at radius 1 is 0.868 bits per heavy atom. The summed E-state index contributed by atoms with van der Waals surface area (Å²) in [5.41, 5.74) is 2.47. The molecule has 3 aromatic carbocycles. The SMILES string of the molecule is CC(C)[C@@H](C(=O)O)N1CC[C@@H](NC(=O)[C@H]2CN2C(c2ccccc2)(c2ccccc2)c2ccccc2)C1=O. The van der Waals surface area contributed by atoms with Gasteiger partial charge in [-0.2, -0.15) is 0 Å². The number of amides is 2. The van der Waals surface area contributed by atoms with Gasteiger partial charge in [-0.3, -0.25) is 14.5 Å². The molecule has 7 nitrogen and oxygen atoms in total. The van der Waals surface area contributed by atoms with Crippen molar-refractivity contribution in [1.82, 2.24) is 15.1 Å². The van der Waals surface area contributed by atoms with Crippen molar-refractivity contribution in [2.45, 2.75) is 43.9 Å². The van der Waals surface area contributed by atoms with E-state index in [1.165, 1.54) is 4.90 Å². The van der Waals surface area contributed by atoms with Crippen LogP contribution in [0.5, 0.6) is 0 Å². The fraction of sp³-hybridized carbons (Fsp3) is 0.323. The third-order valence-electron chi connectivity index (χ3n) is 7.70. The molecule has 4 atom stereocenters. The third kappa shape index (κ3) is 4.47. The first-order valence-corrected chi connectivity index (χ1v) is 13.1. The highest BCUT2D eigenvalue weighted by Crippen LogP contribution is 2.48. The highest BCUT2D eigenvalue weighted by atomic mass is 16.4. The number of carboxylic acid groups (broad SMARTS) is 1. The van der Waals surface area contributed by atoms with Gasteiger partial charge >= 0.3 is 5.97 Å². The second-order valence-electron chi connectivity index (χ2n) is 10.4. The first kappa shape index (κ1) is 25.7. The molecule has 2 fully saturated rings. The number of carbonyl (C=O) groups excluding carboxylic acids is 2. The lowest BCUT2D eigenvalue weighted by molar-refractivity contribution is -0.150. The molecule has 2 N–H and O–H groups in total. The quantitative estimate of drug-likeness (QED) is 0.339. The Morgan fingerprint density at radius 2 is 1.34 bits per heavy atom. The van der Waals surface area contributed by atoms with Crippen molar-refractivity contribution in [3.63, 3.8) is 0 Å². The summed E-state index contributed by atoms with van der Waals surface area (Å²) in [5.74, 6) is -1.79. The number of hydrogen-bond donors (Lipinski definition) is 2. The highest BCUT2D eigenvalue weighted by Gasteiger charge is 2.56. The molecular weight excluding hydrogens is 478 g/mol. The predicted octanol–water partition coefficient (Wildman–Crippen LogP) is 3.49. The number of likely N-dealkylation sites (tertiary alicyclic amines) is 1. The summed E-state index contributed by atoms with van der Waals surface area (Å²) in [6, 6.07) is 28.5. The summed E-state index contributed by atoms with van der Waals surface area (Å²) in [6.45, 7) is 4.42. The molecule has 5 rings (SSSR count). The minimum atomic E-state index is -1.02. The largest absolute Gasteiger partial charge is 0.480 e. The van der Waals surface area contributed by atoms with Crippen molar-refractivity contribution >= 4 is 17.8 Å². The molecule has 2 aliphatic heterocycles. The second kappa shape index (κ2) is 10.4. The van der Waals surface area contributed by atoms with E-state index >= 15 is 0 Å². The summed E-state index contributed by atoms with van der Waals surface area (Å²) in [7, 11) is 0. The van der Waals surface area contributed by atoms with Crippen molar-refractivity contribution in [3.05, 3.63) is 108 Å². The Labute approximate surface area is 223 Å². The van der Waals surface area contributed by atoms with Gasteiger partial charge in [-0.25, -0.2) is 4.79 Å². The van der Waals surface area contributed by atoms with Crippen LogP contribution in [-0.2, 0) is 19.9 Å². The molecule has 196 valence electrons. The van der Waals surface area contributed by atoms with Gasteiger partial charge in [-0.15, -0.1) is 0 Å². The summed E-state index contributed by atoms with van der Waals surface area (Å²) >= 11 is 0. The topological polar surface area (TPSA) is 89.7 Å². The Kier molecular flexibility index (Phi) is 7.04. The molecular formula is C31H33N3O4. The van der Waals surface area contributed by atoms with E-state index in [-0.39, 0.29) is 17.7 Å². The molecule has 3 aromatic rings. The molecule has 2 heterocycles. The van der Waals surface area contributed by atoms with Crippen LogP contribution in [0.2, 0.25) is 0 Å². The molecule has 0 saturated carbocycles. The molecule has 1 unspecified atom stereocenters. The van der Waals surface area contributed by atoms with E-state index < -0.39 is 29.6 Å². The van der Waals surface area contributed by atoms with E-state index in [0.29, 0.717) is 19.5 Å². The van der Waals surface area contributed by atoms with Crippen molar-refractivity contribution < 1.29 is 19.5 Å². The number of benzene rings is 3. The fourth-order valence-electron chi connectivity index (χ4n) is 5.93. The number of aliphatic carboxylic acids is 1. The minimum absolute atomic E-state index is 0.214. The van der Waals surface area contributed by atoms with Crippen LogP contribution in [0.1, 0.15) is 37.0 Å². The van der Waals surface area contributed by atoms with Crippen LogP contribution < -0.4 is 5.32 Å². The van der Waals surface area contributed by atoms with Crippen LogP contribution in [-0.4, -0.2) is 63.9 Å². The molecule has 0 bridgehead atoms. The van der Waals surface area contributed by atoms with Gasteiger partial charge < -0.3 is 15.3 Å². The standard InChI is InChI=1S/C31H33N3O4/c1-21(2)27(30(37)38)33-19-18-25(29(33)36)32-28(35)26-20-34(26)31(22-12-6-3-7-13-22,23-14-8-4-9-15-23)24-16-10-5-11-17-24/h3-17,21,25-27H,18-20H2,1-2H3,(H,32,35)(H,37,38)/t25-,26-,27+,34?/m1/s1. The molecule has 0 radical (unpaired) electrons. The lowest BCUT2D eigenvalue weighted by atomic mass is 9.76. The van der Waals surface area contributed by atoms with E-state index in [1.54, 1.807) is 13.8 Å². The molecule has 0 spiro atoms. The van der Waals surface area contributed by atoms with E-state index in [2.05, 4.69) is 46.6 Å². The zero-order valence-electron chi connectivity index (χ0n) is 21.7. The normalized spacial score (nSPS) is 21.8. The number of nitrogens with zero attached hydrogens (tertiary/aromatic N) is 2. The monoisotopic (exact) mass is 511 g/mol. The maximum Gasteiger partial charge on any atom is 0.326 e. The zero-order chi connectivity index (χ0) is 26.9. The van der Waals surface area contributed by atoms with Crippen molar-refractivity contribution in [1.29, 1.82) is 0 Å². The van der Waals surface area contributed by atoms with Gasteiger partial charge in [0.25, 0.3) is 0 Å². The van der Waals surface area contributed by atoms with E-state index in [1.807, 2.05) is 54.6 Å². The van der Waals surface area contributed by atoms with Gasteiger partial charge in [0, 0.05) is 13.1 Å². The first-order chi connectivity index (χ1) is 18.4. The average molecular weight is 512 g/mol. The molecule has 0 aromatic heterocycles. The maximum absolute atomic E-state index is 13.6. The Morgan fingerprint density at radius 3 is 1.76 bits per heavy atom. The van der Waals surface area contributed by atoms with Crippen LogP contribution in [0.25, 0.3) is 0 Å². The second-order valence-corrected chi connectivity index (χ2v) is 10.4. The Hall–Kier alpha value is -3.97. The maximum atomic E-state index is 13.6. The number of rotatable bonds is 9. The molecule has 0 aliphatic carbocycles. The first-order valence-electron chi connectivity index (χ1n) is 13.1. The van der Waals surface area contributed by atoms with Gasteiger partial charge in [-0.05, 0) is 29.0 Å². The molecule has 38 heavy (non-hydrogen) atoms. The van der Waals surface area contributed by atoms with Gasteiger partial charge in [0.05, 0.1) is 5.54 Å². The molecule has 2 aliphatic rings. The van der Waals surface area contributed by atoms with Gasteiger partial charge in [0.15, 0.2) is 0 Å². The van der Waals surface area contributed by atoms with E-state index in [4.69, 9.17) is 0 Å². The lowest BCUT2D eigenvalue weighted by Gasteiger charge is -2.38. The third-order valence-corrected chi connectivity index (χ3v) is 7.70. The van der Waals surface area contributed by atoms with E-state index in [0.717, 1.165) is 16.7 Å². The van der Waals surface area contributed by atoms with Crippen LogP contribution in [0.3, 0.4) is 0 Å². The Balaban J connectivity index is 1.44. The summed E-state index contributed by atoms with van der Waals surface area (Å²) in [6.07, 6.45) is 0.398. The van der Waals surface area contributed by atoms with E-state index in [9.17, 15) is 19.5 Å². The van der Waals surface area contributed by atoms with Crippen LogP contribution in [0.15, 0.2) is 91.0 Å². The van der Waals surface area contributed by atoms with Gasteiger partial charge in [0.2, 0.25) is 11.8 Å². The number of carboxylic acids is 1. The smallest absolute Gasteiger partial charge is 0.326 e. The van der Waals surface area contributed by atoms with Crippen molar-refractivity contribution in [2.75, 3.05) is 13.1 Å². The van der Waals surface area contributed by atoms with Crippen molar-refractivity contribution in [3.8, 4) is 0 Å². The molecule has 2 amide bonds. The van der Waals surface area contributed by atoms with Gasteiger partial charge in [-0.1, -0.05) is 105 Å². The van der Waals surface area contributed by atoms with Crippen LogP contribution >= 0.6 is 0 Å². The lowest BCUT2D eigenvalue weighted by Crippen LogP contribution is -2.50. The Bertz CT molecular complexity index is 1200. The summed E-state index contributed by atoms with van der Waals surface area (Å²) in [5, 5.41) is 12.6. The summed E-state index contributed by atoms with van der Waals surface area (Å²) < 4.78 is 0. The zero-order valence-corrected chi connectivity index (χ0v) is 21.7. The minimum Gasteiger partial charge on any atom is -0.480 e. The van der Waals surface area contributed by atoms with Crippen molar-refractivity contribution in [2.24, 2.45) is 5.92 Å². The van der Waals surface area contributed by atoms with Crippen LogP contribution in [0.4, 0.5) is 0 Å². The average Bonchev–Trinajstić information content (AvgIpc) is 3.66. The number of carbonyl (C=O) groups is 3. The molecule has 7 heteroatoms. The number of hydrogen-bond acceptors (Lipinski definition) is 4. The molecule has 2 saturated heterocycles. The summed E-state index contributed by atoms with van der Waals surface area (Å²) in [4.78, 5) is 42.0. The highest BCUT2D eigenvalue weighted by molar-refractivity contribution is 5.94. The van der Waals surface area contributed by atoms with Crippen LogP contribution in [0, 0.1) is 5.92 Å². The fourth-order valence-corrected chi connectivity index (χ4v) is 5.93. The predicted molar refractivity (Wildman–Crippen MR) is 144 cm³/mol. The number of nitrogens with one attached hydrogen (secondary N) is 1. The van der Waals surface area contributed by atoms with Gasteiger partial charge in [0.1, 0.15) is 18.1 Å².